The summed E-state index contributed by atoms with van der Waals surface area (Å²) in [5.41, 5.74) is 0. The van der Waals surface area contributed by atoms with Gasteiger partial charge in [-0.15, -0.1) is 11.8 Å². The molecule has 1 atom stereocenters. The van der Waals surface area contributed by atoms with E-state index in [9.17, 15) is 0 Å². The van der Waals surface area contributed by atoms with Crippen molar-refractivity contribution in [2.45, 2.75) is 29.8 Å². The van der Waals surface area contributed by atoms with Crippen LogP contribution in [0.1, 0.15) is 19.3 Å². The monoisotopic (exact) mass is 152 g/mol. The Morgan fingerprint density at radius 2 is 2.20 bits per heavy atom. The zero-order valence-electron chi connectivity index (χ0n) is 5.58. The predicted octanol–water partition coefficient (Wildman–Crippen LogP) is 1.69. The smallest absolute Gasteiger partial charge is 0.105 e. The summed E-state index contributed by atoms with van der Waals surface area (Å²) >= 11 is 1.65. The van der Waals surface area contributed by atoms with Crippen LogP contribution in [0.2, 0.25) is 0 Å². The molecule has 52 valence electrons. The normalized spacial score (nSPS) is 19.0. The van der Waals surface area contributed by atoms with E-state index in [0.29, 0.717) is 11.7 Å². The molecule has 0 amide bonds. The van der Waals surface area contributed by atoms with E-state index in [1.807, 2.05) is 6.07 Å². The van der Waals surface area contributed by atoms with Gasteiger partial charge in [0.2, 0.25) is 0 Å². The summed E-state index contributed by atoms with van der Waals surface area (Å²) in [5, 5.41) is 17.4. The van der Waals surface area contributed by atoms with E-state index >= 15 is 0 Å². The highest BCUT2D eigenvalue weighted by Gasteiger charge is 2.25. The second kappa shape index (κ2) is 3.49. The van der Waals surface area contributed by atoms with Crippen molar-refractivity contribution in [3.63, 3.8) is 0 Å². The minimum Gasteiger partial charge on any atom is -0.198 e. The summed E-state index contributed by atoms with van der Waals surface area (Å²) in [6.45, 7) is 0. The molecule has 2 nitrogen and oxygen atoms in total. The Labute approximate surface area is 64.8 Å². The Bertz CT molecular complexity index is 185. The van der Waals surface area contributed by atoms with Gasteiger partial charge < -0.3 is 0 Å². The molecule has 0 aromatic heterocycles. The quantitative estimate of drug-likeness (QED) is 0.618. The fourth-order valence-electron chi connectivity index (χ4n) is 0.644. The van der Waals surface area contributed by atoms with Crippen LogP contribution in [0.4, 0.5) is 0 Å². The average Bonchev–Trinajstić information content (AvgIpc) is 2.71. The summed E-state index contributed by atoms with van der Waals surface area (Å²) in [4.78, 5) is 0. The van der Waals surface area contributed by atoms with Crippen LogP contribution in [0, 0.1) is 22.7 Å². The van der Waals surface area contributed by atoms with E-state index in [2.05, 4.69) is 6.07 Å². The Morgan fingerprint density at radius 1 is 1.50 bits per heavy atom. The minimum absolute atomic E-state index is 0.0856. The van der Waals surface area contributed by atoms with Crippen molar-refractivity contribution in [3.05, 3.63) is 0 Å². The molecule has 0 aromatic carbocycles. The van der Waals surface area contributed by atoms with Crippen LogP contribution in [-0.2, 0) is 0 Å². The lowest BCUT2D eigenvalue weighted by atomic mass is 10.4. The molecule has 0 aromatic rings. The van der Waals surface area contributed by atoms with Gasteiger partial charge in [0.25, 0.3) is 0 Å². The first-order valence-electron chi connectivity index (χ1n) is 3.29. The molecular formula is C7H8N2S. The van der Waals surface area contributed by atoms with Crippen LogP contribution in [-0.4, -0.2) is 10.5 Å². The summed E-state index contributed by atoms with van der Waals surface area (Å²) < 4.78 is 0. The fourth-order valence-corrected chi connectivity index (χ4v) is 1.75. The highest BCUT2D eigenvalue weighted by molar-refractivity contribution is 8.01. The first-order chi connectivity index (χ1) is 4.86. The van der Waals surface area contributed by atoms with Crippen molar-refractivity contribution in [2.75, 3.05) is 0 Å². The van der Waals surface area contributed by atoms with Gasteiger partial charge in [0.05, 0.1) is 18.6 Å². The van der Waals surface area contributed by atoms with Gasteiger partial charge >= 0.3 is 0 Å². The summed E-state index contributed by atoms with van der Waals surface area (Å²) in [7, 11) is 0. The maximum atomic E-state index is 8.51. The predicted molar refractivity (Wildman–Crippen MR) is 40.2 cm³/mol. The number of nitrogens with zero attached hydrogens (tertiary/aromatic N) is 2. The van der Waals surface area contributed by atoms with Gasteiger partial charge in [-0.25, -0.2) is 0 Å². The molecule has 0 bridgehead atoms. The van der Waals surface area contributed by atoms with Crippen LogP contribution in [0.3, 0.4) is 0 Å². The summed E-state index contributed by atoms with van der Waals surface area (Å²) in [6.07, 6.45) is 2.83. The molecule has 0 aliphatic heterocycles. The van der Waals surface area contributed by atoms with Crippen LogP contribution >= 0.6 is 11.8 Å². The molecule has 0 radical (unpaired) electrons. The number of rotatable bonds is 3. The first-order valence-corrected chi connectivity index (χ1v) is 4.23. The van der Waals surface area contributed by atoms with Gasteiger partial charge in [0.1, 0.15) is 5.25 Å². The molecule has 1 unspecified atom stereocenters. The van der Waals surface area contributed by atoms with E-state index in [0.717, 1.165) is 0 Å². The molecule has 0 heterocycles. The van der Waals surface area contributed by atoms with Crippen molar-refractivity contribution in [3.8, 4) is 12.1 Å². The molecule has 1 aliphatic rings. The Balaban J connectivity index is 2.21. The third kappa shape index (κ3) is 2.29. The number of nitriles is 2. The topological polar surface area (TPSA) is 47.6 Å². The minimum atomic E-state index is -0.0856. The van der Waals surface area contributed by atoms with Gasteiger partial charge in [-0.2, -0.15) is 10.5 Å². The highest BCUT2D eigenvalue weighted by atomic mass is 32.2. The van der Waals surface area contributed by atoms with Crippen molar-refractivity contribution in [1.82, 2.24) is 0 Å². The lowest BCUT2D eigenvalue weighted by Gasteiger charge is -1.99. The largest absolute Gasteiger partial charge is 0.198 e. The second-order valence-electron chi connectivity index (χ2n) is 2.32. The summed E-state index contributed by atoms with van der Waals surface area (Å²) in [6, 6.07) is 4.12. The molecular weight excluding hydrogens is 144 g/mol. The van der Waals surface area contributed by atoms with E-state index < -0.39 is 0 Å². The standard InChI is InChI=1S/C7H8N2S/c8-4-3-7(5-9)10-6-1-2-6/h6-7H,1-3H2. The van der Waals surface area contributed by atoms with Crippen molar-refractivity contribution >= 4 is 11.8 Å². The zero-order chi connectivity index (χ0) is 7.40. The molecule has 1 saturated carbocycles. The van der Waals surface area contributed by atoms with Crippen molar-refractivity contribution in [1.29, 1.82) is 10.5 Å². The molecule has 0 N–H and O–H groups in total. The molecule has 1 aliphatic carbocycles. The Morgan fingerprint density at radius 3 is 2.60 bits per heavy atom. The van der Waals surface area contributed by atoms with Crippen LogP contribution in [0.25, 0.3) is 0 Å². The van der Waals surface area contributed by atoms with Gasteiger partial charge in [-0.05, 0) is 12.8 Å². The molecule has 0 saturated heterocycles. The number of thioether (sulfide) groups is 1. The third-order valence-corrected chi connectivity index (χ3v) is 2.76. The van der Waals surface area contributed by atoms with Gasteiger partial charge in [-0.1, -0.05) is 0 Å². The maximum absolute atomic E-state index is 8.51. The highest BCUT2D eigenvalue weighted by Crippen LogP contribution is 2.37. The molecule has 10 heavy (non-hydrogen) atoms. The van der Waals surface area contributed by atoms with E-state index in [-0.39, 0.29) is 5.25 Å². The van der Waals surface area contributed by atoms with Crippen molar-refractivity contribution in [2.24, 2.45) is 0 Å². The van der Waals surface area contributed by atoms with Gasteiger partial charge in [-0.3, -0.25) is 0 Å². The molecule has 3 heteroatoms. The molecule has 1 rings (SSSR count). The summed E-state index contributed by atoms with van der Waals surface area (Å²) in [5.74, 6) is 0. The average molecular weight is 152 g/mol. The van der Waals surface area contributed by atoms with Crippen LogP contribution < -0.4 is 0 Å². The lowest BCUT2D eigenvalue weighted by molar-refractivity contribution is 1.09. The number of hydrogen-bond donors (Lipinski definition) is 0. The van der Waals surface area contributed by atoms with Crippen LogP contribution in [0.5, 0.6) is 0 Å². The molecule has 1 fully saturated rings. The van der Waals surface area contributed by atoms with Crippen molar-refractivity contribution < 1.29 is 0 Å². The maximum Gasteiger partial charge on any atom is 0.105 e. The van der Waals surface area contributed by atoms with E-state index in [4.69, 9.17) is 10.5 Å². The Kier molecular flexibility index (Phi) is 2.59. The number of hydrogen-bond acceptors (Lipinski definition) is 3. The van der Waals surface area contributed by atoms with Gasteiger partial charge in [0, 0.05) is 5.25 Å². The third-order valence-electron chi connectivity index (χ3n) is 1.30. The fraction of sp³-hybridized carbons (Fsp3) is 0.714. The van der Waals surface area contributed by atoms with E-state index in [1.165, 1.54) is 12.8 Å². The van der Waals surface area contributed by atoms with Gasteiger partial charge in [0.15, 0.2) is 0 Å². The first kappa shape index (κ1) is 7.44. The second-order valence-corrected chi connectivity index (χ2v) is 3.82. The zero-order valence-corrected chi connectivity index (χ0v) is 6.40. The molecule has 0 spiro atoms. The van der Waals surface area contributed by atoms with E-state index in [1.54, 1.807) is 11.8 Å². The SMILES string of the molecule is N#CCC(C#N)SC1CC1. The van der Waals surface area contributed by atoms with Crippen LogP contribution in [0.15, 0.2) is 0 Å². The Hall–Kier alpha value is -0.670. The lowest BCUT2D eigenvalue weighted by Crippen LogP contribution is -1.97.